The maximum Gasteiger partial charge on any atom is 0.338 e. The third-order valence-electron chi connectivity index (χ3n) is 7.05. The molecule has 39 heavy (non-hydrogen) atoms. The molecule has 0 spiro atoms. The molecule has 6 nitrogen and oxygen atoms in total. The summed E-state index contributed by atoms with van der Waals surface area (Å²) in [7, 11) is 0. The maximum absolute atomic E-state index is 13.0. The van der Waals surface area contributed by atoms with Gasteiger partial charge in [0, 0.05) is 52.3 Å². The van der Waals surface area contributed by atoms with E-state index >= 15 is 0 Å². The molecule has 0 aliphatic rings. The van der Waals surface area contributed by atoms with Gasteiger partial charge in [0.15, 0.2) is 0 Å². The fraction of sp³-hybridized carbons (Fsp3) is 0.121. The fourth-order valence-electron chi connectivity index (χ4n) is 5.17. The van der Waals surface area contributed by atoms with Crippen molar-refractivity contribution in [1.29, 1.82) is 0 Å². The average Bonchev–Trinajstić information content (AvgIpc) is 3.46. The van der Waals surface area contributed by atoms with Gasteiger partial charge in [-0.25, -0.2) is 4.79 Å². The molecule has 0 aliphatic heterocycles. The summed E-state index contributed by atoms with van der Waals surface area (Å²) >= 11 is 0. The summed E-state index contributed by atoms with van der Waals surface area (Å²) in [5.41, 5.74) is 7.33. The van der Waals surface area contributed by atoms with Gasteiger partial charge in [0.1, 0.15) is 5.69 Å². The van der Waals surface area contributed by atoms with Crippen LogP contribution in [0.2, 0.25) is 0 Å². The molecule has 0 saturated carbocycles. The zero-order valence-corrected chi connectivity index (χ0v) is 22.1. The highest BCUT2D eigenvalue weighted by atomic mass is 16.4. The molecule has 6 aromatic rings. The highest BCUT2D eigenvalue weighted by Gasteiger charge is 2.25. The quantitative estimate of drug-likeness (QED) is 0.246. The van der Waals surface area contributed by atoms with E-state index in [1.807, 2.05) is 42.7 Å². The molecule has 0 atom stereocenters. The van der Waals surface area contributed by atoms with Crippen molar-refractivity contribution in [3.8, 4) is 11.1 Å². The first-order valence-electron chi connectivity index (χ1n) is 12.8. The number of rotatable bonds is 5. The largest absolute Gasteiger partial charge is 0.478 e. The number of nitrogens with zero attached hydrogens (tertiary/aromatic N) is 3. The molecule has 6 heteroatoms. The lowest BCUT2D eigenvalue weighted by molar-refractivity contribution is 0.0692. The first kappa shape index (κ1) is 25.7. The number of aromatic carboxylic acids is 1. The first-order chi connectivity index (χ1) is 18.9. The maximum atomic E-state index is 13.0. The highest BCUT2D eigenvalue weighted by molar-refractivity contribution is 6.19. The van der Waals surface area contributed by atoms with Gasteiger partial charge < -0.3 is 14.1 Å². The number of carbonyl (C=O) groups is 2. The number of fused-ring (bicyclic) bond motifs is 2. The van der Waals surface area contributed by atoms with Crippen LogP contribution in [-0.2, 0) is 6.54 Å². The van der Waals surface area contributed by atoms with Crippen LogP contribution in [0, 0.1) is 13.8 Å². The molecule has 0 fully saturated rings. The minimum absolute atomic E-state index is 0.0258. The van der Waals surface area contributed by atoms with Crippen molar-refractivity contribution >= 4 is 28.2 Å². The van der Waals surface area contributed by atoms with Crippen LogP contribution in [0.5, 0.6) is 0 Å². The van der Waals surface area contributed by atoms with E-state index in [1.165, 1.54) is 40.7 Å². The second kappa shape index (κ2) is 10.8. The standard InChI is InChI=1S/C18H16N2O3.C15H13N/c1-3-20-11(2)15(12-7-4-5-9-14(12)20)17(21)16-13(18(22)23)8-6-10-19-16;1-12-15(13-7-3-2-4-8-13)11-14-9-5-6-10-16(12)14/h4-10H,3H2,1-2H3,(H,22,23);2-11H,1H3. The second-order valence-electron chi connectivity index (χ2n) is 9.26. The lowest BCUT2D eigenvalue weighted by atomic mass is 10.0. The predicted molar refractivity (Wildman–Crippen MR) is 155 cm³/mol. The van der Waals surface area contributed by atoms with Crippen molar-refractivity contribution in [3.05, 3.63) is 132 Å². The molecular weight excluding hydrogens is 486 g/mol. The van der Waals surface area contributed by atoms with E-state index in [9.17, 15) is 14.7 Å². The number of carbonyl (C=O) groups excluding carboxylic acids is 1. The van der Waals surface area contributed by atoms with Crippen molar-refractivity contribution in [2.24, 2.45) is 0 Å². The highest BCUT2D eigenvalue weighted by Crippen LogP contribution is 2.29. The van der Waals surface area contributed by atoms with Gasteiger partial charge >= 0.3 is 5.97 Å². The van der Waals surface area contributed by atoms with Crippen molar-refractivity contribution in [2.45, 2.75) is 27.3 Å². The van der Waals surface area contributed by atoms with E-state index in [2.05, 4.69) is 77.1 Å². The SMILES string of the molecule is CCn1c(C)c(C(=O)c2ncccc2C(=O)O)c2ccccc21.Cc1c(-c2ccccc2)cc2ccccn12. The molecule has 194 valence electrons. The number of pyridine rings is 2. The topological polar surface area (TPSA) is 76.6 Å². The molecule has 0 bridgehead atoms. The lowest BCUT2D eigenvalue weighted by Crippen LogP contribution is -2.13. The van der Waals surface area contributed by atoms with Gasteiger partial charge in [-0.2, -0.15) is 0 Å². The number of ketones is 1. The Morgan fingerprint density at radius 2 is 1.56 bits per heavy atom. The summed E-state index contributed by atoms with van der Waals surface area (Å²) in [6, 6.07) is 29.6. The predicted octanol–water partition coefficient (Wildman–Crippen LogP) is 7.21. The van der Waals surface area contributed by atoms with Gasteiger partial charge in [0.2, 0.25) is 5.78 Å². The van der Waals surface area contributed by atoms with Crippen LogP contribution in [0.3, 0.4) is 0 Å². The van der Waals surface area contributed by atoms with Crippen LogP contribution in [0.4, 0.5) is 0 Å². The van der Waals surface area contributed by atoms with Gasteiger partial charge in [0.05, 0.1) is 11.1 Å². The van der Waals surface area contributed by atoms with Crippen LogP contribution in [0.1, 0.15) is 44.7 Å². The summed E-state index contributed by atoms with van der Waals surface area (Å²) in [6.45, 7) is 6.78. The Labute approximate surface area is 226 Å². The summed E-state index contributed by atoms with van der Waals surface area (Å²) in [6.07, 6.45) is 3.55. The number of para-hydroxylation sites is 1. The molecule has 4 heterocycles. The molecule has 0 amide bonds. The zero-order chi connectivity index (χ0) is 27.5. The Balaban J connectivity index is 0.000000168. The van der Waals surface area contributed by atoms with Crippen LogP contribution >= 0.6 is 0 Å². The number of benzene rings is 2. The van der Waals surface area contributed by atoms with Crippen molar-refractivity contribution < 1.29 is 14.7 Å². The Morgan fingerprint density at radius 1 is 0.846 bits per heavy atom. The van der Waals surface area contributed by atoms with Gasteiger partial charge in [0.25, 0.3) is 0 Å². The van der Waals surface area contributed by atoms with Gasteiger partial charge in [-0.05, 0) is 62.7 Å². The van der Waals surface area contributed by atoms with E-state index in [4.69, 9.17) is 0 Å². The number of carboxylic acids is 1. The summed E-state index contributed by atoms with van der Waals surface area (Å²) in [4.78, 5) is 28.4. The minimum Gasteiger partial charge on any atom is -0.478 e. The molecular formula is C33H29N3O3. The van der Waals surface area contributed by atoms with E-state index in [-0.39, 0.29) is 17.0 Å². The Kier molecular flexibility index (Phi) is 7.10. The molecule has 0 unspecified atom stereocenters. The molecule has 1 N–H and O–H groups in total. The summed E-state index contributed by atoms with van der Waals surface area (Å²) in [5.74, 6) is -1.51. The Hall–Kier alpha value is -4.97. The number of carboxylic acid groups (broad SMARTS) is 1. The zero-order valence-electron chi connectivity index (χ0n) is 22.1. The molecule has 0 radical (unpaired) electrons. The monoisotopic (exact) mass is 515 g/mol. The van der Waals surface area contributed by atoms with Crippen LogP contribution < -0.4 is 0 Å². The summed E-state index contributed by atoms with van der Waals surface area (Å²) < 4.78 is 4.27. The van der Waals surface area contributed by atoms with E-state index in [0.717, 1.165) is 23.1 Å². The van der Waals surface area contributed by atoms with Crippen molar-refractivity contribution in [3.63, 3.8) is 0 Å². The van der Waals surface area contributed by atoms with E-state index in [1.54, 1.807) is 0 Å². The number of aryl methyl sites for hydroxylation is 2. The summed E-state index contributed by atoms with van der Waals surface area (Å²) in [5, 5.41) is 10.1. The van der Waals surface area contributed by atoms with Crippen molar-refractivity contribution in [1.82, 2.24) is 14.0 Å². The smallest absolute Gasteiger partial charge is 0.338 e. The van der Waals surface area contributed by atoms with E-state index in [0.29, 0.717) is 5.56 Å². The molecule has 2 aromatic carbocycles. The van der Waals surface area contributed by atoms with Gasteiger partial charge in [-0.1, -0.05) is 54.6 Å². The second-order valence-corrected chi connectivity index (χ2v) is 9.26. The third kappa shape index (κ3) is 4.73. The molecule has 0 saturated heterocycles. The normalized spacial score (nSPS) is 10.8. The van der Waals surface area contributed by atoms with Crippen LogP contribution in [0.25, 0.3) is 27.5 Å². The molecule has 0 aliphatic carbocycles. The fourth-order valence-corrected chi connectivity index (χ4v) is 5.17. The Morgan fingerprint density at radius 3 is 2.28 bits per heavy atom. The lowest BCUT2D eigenvalue weighted by Gasteiger charge is -2.06. The number of hydrogen-bond acceptors (Lipinski definition) is 3. The third-order valence-corrected chi connectivity index (χ3v) is 7.05. The van der Waals surface area contributed by atoms with Gasteiger partial charge in [-0.3, -0.25) is 9.78 Å². The van der Waals surface area contributed by atoms with Crippen LogP contribution in [0.15, 0.2) is 103 Å². The van der Waals surface area contributed by atoms with E-state index < -0.39 is 5.97 Å². The van der Waals surface area contributed by atoms with Crippen molar-refractivity contribution in [2.75, 3.05) is 0 Å². The van der Waals surface area contributed by atoms with Crippen LogP contribution in [-0.4, -0.2) is 30.8 Å². The minimum atomic E-state index is -1.15. The Bertz CT molecular complexity index is 1810. The molecule has 6 rings (SSSR count). The molecule has 4 aromatic heterocycles. The van der Waals surface area contributed by atoms with Gasteiger partial charge in [-0.15, -0.1) is 0 Å². The average molecular weight is 516 g/mol. The first-order valence-corrected chi connectivity index (χ1v) is 12.8. The number of hydrogen-bond donors (Lipinski definition) is 1. The number of aromatic nitrogens is 3.